The van der Waals surface area contributed by atoms with E-state index >= 15 is 0 Å². The summed E-state index contributed by atoms with van der Waals surface area (Å²) in [6.45, 7) is 6.86. The Morgan fingerprint density at radius 3 is 2.30 bits per heavy atom. The second-order valence-electron chi connectivity index (χ2n) is 8.66. The van der Waals surface area contributed by atoms with E-state index in [4.69, 9.17) is 14.2 Å². The molecule has 2 N–H and O–H groups in total. The minimum Gasteiger partial charge on any atom is -0.490 e. The first-order valence-electron chi connectivity index (χ1n) is 12.3. The van der Waals surface area contributed by atoms with Crippen molar-refractivity contribution in [3.05, 3.63) is 108 Å². The quantitative estimate of drug-likeness (QED) is 0.231. The standard InChI is InChI=1S/C31H32N2O4/c1-4-35-30-19-24(20-32-25-13-15-27(16-14-25)37-26-8-6-5-7-9-26)12-17-29(30)36-21-31(34)33-28-18-22(2)10-11-23(28)3/h5-19,32H,4,20-21H2,1-3H3,(H,33,34). The van der Waals surface area contributed by atoms with Crippen LogP contribution in [0.1, 0.15) is 23.6 Å². The predicted molar refractivity (Wildman–Crippen MR) is 148 cm³/mol. The molecule has 4 aromatic rings. The minimum atomic E-state index is -0.221. The highest BCUT2D eigenvalue weighted by Crippen LogP contribution is 2.29. The predicted octanol–water partition coefficient (Wildman–Crippen LogP) is 7.12. The van der Waals surface area contributed by atoms with E-state index in [2.05, 4.69) is 10.6 Å². The zero-order valence-corrected chi connectivity index (χ0v) is 21.4. The van der Waals surface area contributed by atoms with E-state index in [1.807, 2.05) is 112 Å². The summed E-state index contributed by atoms with van der Waals surface area (Å²) >= 11 is 0. The van der Waals surface area contributed by atoms with Crippen LogP contribution in [0.5, 0.6) is 23.0 Å². The molecule has 0 aliphatic carbocycles. The van der Waals surface area contributed by atoms with Gasteiger partial charge in [-0.25, -0.2) is 0 Å². The van der Waals surface area contributed by atoms with Crippen molar-refractivity contribution in [2.24, 2.45) is 0 Å². The molecule has 0 aliphatic heterocycles. The average Bonchev–Trinajstić information content (AvgIpc) is 2.90. The van der Waals surface area contributed by atoms with Crippen LogP contribution < -0.4 is 24.8 Å². The van der Waals surface area contributed by atoms with E-state index in [9.17, 15) is 4.79 Å². The van der Waals surface area contributed by atoms with Gasteiger partial charge in [0.25, 0.3) is 5.91 Å². The highest BCUT2D eigenvalue weighted by atomic mass is 16.5. The van der Waals surface area contributed by atoms with Crippen LogP contribution in [0, 0.1) is 13.8 Å². The van der Waals surface area contributed by atoms with Crippen LogP contribution in [0.3, 0.4) is 0 Å². The molecule has 37 heavy (non-hydrogen) atoms. The molecular formula is C31H32N2O4. The molecule has 0 radical (unpaired) electrons. The van der Waals surface area contributed by atoms with Crippen molar-refractivity contribution >= 4 is 17.3 Å². The summed E-state index contributed by atoms with van der Waals surface area (Å²) in [6.07, 6.45) is 0. The SMILES string of the molecule is CCOc1cc(CNc2ccc(Oc3ccccc3)cc2)ccc1OCC(=O)Nc1cc(C)ccc1C. The monoisotopic (exact) mass is 496 g/mol. The Bertz CT molecular complexity index is 1320. The van der Waals surface area contributed by atoms with Crippen LogP contribution in [-0.4, -0.2) is 19.1 Å². The van der Waals surface area contributed by atoms with E-state index in [0.29, 0.717) is 24.7 Å². The van der Waals surface area contributed by atoms with Gasteiger partial charge < -0.3 is 24.8 Å². The van der Waals surface area contributed by atoms with Crippen LogP contribution >= 0.6 is 0 Å². The normalized spacial score (nSPS) is 10.5. The number of benzene rings is 4. The molecule has 0 heterocycles. The molecule has 0 saturated heterocycles. The van der Waals surface area contributed by atoms with E-state index in [1.54, 1.807) is 0 Å². The lowest BCUT2D eigenvalue weighted by molar-refractivity contribution is -0.118. The molecule has 6 heteroatoms. The summed E-state index contributed by atoms with van der Waals surface area (Å²) in [5, 5.41) is 6.33. The second kappa shape index (κ2) is 12.5. The van der Waals surface area contributed by atoms with Gasteiger partial charge in [-0.15, -0.1) is 0 Å². The molecule has 0 unspecified atom stereocenters. The highest BCUT2D eigenvalue weighted by molar-refractivity contribution is 5.92. The Hall–Kier alpha value is -4.45. The van der Waals surface area contributed by atoms with Crippen molar-refractivity contribution < 1.29 is 19.0 Å². The Morgan fingerprint density at radius 1 is 0.784 bits per heavy atom. The molecule has 1 amide bonds. The fourth-order valence-corrected chi connectivity index (χ4v) is 3.72. The third kappa shape index (κ3) is 7.51. The number of anilines is 2. The highest BCUT2D eigenvalue weighted by Gasteiger charge is 2.11. The maximum absolute atomic E-state index is 12.5. The molecule has 0 aromatic heterocycles. The minimum absolute atomic E-state index is 0.109. The largest absolute Gasteiger partial charge is 0.490 e. The second-order valence-corrected chi connectivity index (χ2v) is 8.66. The lowest BCUT2D eigenvalue weighted by Gasteiger charge is -2.15. The van der Waals surface area contributed by atoms with Crippen LogP contribution in [0.25, 0.3) is 0 Å². The van der Waals surface area contributed by atoms with E-state index in [-0.39, 0.29) is 12.5 Å². The number of nitrogens with one attached hydrogen (secondary N) is 2. The van der Waals surface area contributed by atoms with Crippen molar-refractivity contribution in [3.63, 3.8) is 0 Å². The van der Waals surface area contributed by atoms with Crippen molar-refractivity contribution in [1.29, 1.82) is 0 Å². The zero-order chi connectivity index (χ0) is 26.0. The fraction of sp³-hybridized carbons (Fsp3) is 0.194. The van der Waals surface area contributed by atoms with Crippen LogP contribution in [-0.2, 0) is 11.3 Å². The molecule has 4 aromatic carbocycles. The number of carbonyl (C=O) groups excluding carboxylic acids is 1. The van der Waals surface area contributed by atoms with Gasteiger partial charge in [-0.2, -0.15) is 0 Å². The summed E-state index contributed by atoms with van der Waals surface area (Å²) in [5.41, 5.74) is 4.88. The molecule has 0 aliphatic rings. The van der Waals surface area contributed by atoms with E-state index < -0.39 is 0 Å². The fourth-order valence-electron chi connectivity index (χ4n) is 3.72. The van der Waals surface area contributed by atoms with Crippen LogP contribution in [0.4, 0.5) is 11.4 Å². The van der Waals surface area contributed by atoms with Gasteiger partial charge in [0.2, 0.25) is 0 Å². The number of aryl methyl sites for hydroxylation is 2. The van der Waals surface area contributed by atoms with Crippen molar-refractivity contribution in [3.8, 4) is 23.0 Å². The molecule has 0 fully saturated rings. The van der Waals surface area contributed by atoms with Gasteiger partial charge in [-0.05, 0) is 92.1 Å². The van der Waals surface area contributed by atoms with Gasteiger partial charge in [-0.3, -0.25) is 4.79 Å². The molecular weight excluding hydrogens is 464 g/mol. The van der Waals surface area contributed by atoms with Gasteiger partial charge in [0, 0.05) is 17.9 Å². The third-order valence-electron chi connectivity index (χ3n) is 5.66. The number of ether oxygens (including phenoxy) is 3. The average molecular weight is 497 g/mol. The van der Waals surface area contributed by atoms with Crippen molar-refractivity contribution in [2.45, 2.75) is 27.3 Å². The number of carbonyl (C=O) groups is 1. The molecule has 190 valence electrons. The number of para-hydroxylation sites is 1. The molecule has 0 atom stereocenters. The van der Waals surface area contributed by atoms with Crippen molar-refractivity contribution in [1.82, 2.24) is 0 Å². The first-order valence-corrected chi connectivity index (χ1v) is 12.3. The van der Waals surface area contributed by atoms with Gasteiger partial charge in [0.15, 0.2) is 18.1 Å². The molecule has 6 nitrogen and oxygen atoms in total. The first-order chi connectivity index (χ1) is 18.0. The van der Waals surface area contributed by atoms with Gasteiger partial charge >= 0.3 is 0 Å². The Morgan fingerprint density at radius 2 is 1.54 bits per heavy atom. The molecule has 0 spiro atoms. The molecule has 0 saturated carbocycles. The number of rotatable bonds is 11. The van der Waals surface area contributed by atoms with Gasteiger partial charge in [0.05, 0.1) is 6.61 Å². The Labute approximate surface area is 218 Å². The molecule has 4 rings (SSSR count). The third-order valence-corrected chi connectivity index (χ3v) is 5.66. The summed E-state index contributed by atoms with van der Waals surface area (Å²) in [6, 6.07) is 29.2. The van der Waals surface area contributed by atoms with Crippen LogP contribution in [0.15, 0.2) is 91.0 Å². The topological polar surface area (TPSA) is 68.8 Å². The van der Waals surface area contributed by atoms with E-state index in [1.165, 1.54) is 0 Å². The smallest absolute Gasteiger partial charge is 0.262 e. The summed E-state index contributed by atoms with van der Waals surface area (Å²) in [7, 11) is 0. The summed E-state index contributed by atoms with van der Waals surface area (Å²) in [4.78, 5) is 12.5. The lowest BCUT2D eigenvalue weighted by atomic mass is 10.1. The van der Waals surface area contributed by atoms with Gasteiger partial charge in [0.1, 0.15) is 11.5 Å². The van der Waals surface area contributed by atoms with Gasteiger partial charge in [-0.1, -0.05) is 36.4 Å². The summed E-state index contributed by atoms with van der Waals surface area (Å²) in [5.74, 6) is 2.49. The number of hydrogen-bond donors (Lipinski definition) is 2. The zero-order valence-electron chi connectivity index (χ0n) is 21.4. The lowest BCUT2D eigenvalue weighted by Crippen LogP contribution is -2.21. The van der Waals surface area contributed by atoms with E-state index in [0.717, 1.165) is 39.6 Å². The maximum atomic E-state index is 12.5. The van der Waals surface area contributed by atoms with Crippen LogP contribution in [0.2, 0.25) is 0 Å². The number of hydrogen-bond acceptors (Lipinski definition) is 5. The summed E-state index contributed by atoms with van der Waals surface area (Å²) < 4.78 is 17.4. The first kappa shape index (κ1) is 25.6. The number of amides is 1. The van der Waals surface area contributed by atoms with Crippen molar-refractivity contribution in [2.75, 3.05) is 23.8 Å². The molecule has 0 bridgehead atoms. The Balaban J connectivity index is 1.33. The maximum Gasteiger partial charge on any atom is 0.262 e. The Kier molecular flexibility index (Phi) is 8.66.